The lowest BCUT2D eigenvalue weighted by Gasteiger charge is -2.14. The van der Waals surface area contributed by atoms with E-state index in [0.29, 0.717) is 17.1 Å². The maximum atomic E-state index is 12.9. The van der Waals surface area contributed by atoms with E-state index in [1.807, 2.05) is 6.92 Å². The number of aromatic nitrogens is 3. The molecule has 2 heterocycles. The number of fused-ring (bicyclic) bond motifs is 1. The maximum Gasteiger partial charge on any atom is 0.431 e. The smallest absolute Gasteiger partial charge is 0.292 e. The van der Waals surface area contributed by atoms with Crippen LogP contribution < -0.4 is 11.2 Å². The van der Waals surface area contributed by atoms with Gasteiger partial charge in [0.2, 0.25) is 0 Å². The van der Waals surface area contributed by atoms with Crippen molar-refractivity contribution >= 4 is 21.6 Å². The Kier molecular flexibility index (Phi) is 3.83. The first-order valence-corrected chi connectivity index (χ1v) is 7.80. The van der Waals surface area contributed by atoms with Crippen LogP contribution in [0.3, 0.4) is 0 Å². The van der Waals surface area contributed by atoms with E-state index >= 15 is 0 Å². The molecule has 0 N–H and O–H groups in total. The van der Waals surface area contributed by atoms with Crippen molar-refractivity contribution in [1.29, 1.82) is 0 Å². The van der Waals surface area contributed by atoms with Crippen LogP contribution in [0.15, 0.2) is 33.9 Å². The molecule has 0 aliphatic carbocycles. The zero-order chi connectivity index (χ0) is 17.6. The second kappa shape index (κ2) is 5.59. The molecule has 0 saturated heterocycles. The number of benzene rings is 1. The van der Waals surface area contributed by atoms with Crippen molar-refractivity contribution in [2.24, 2.45) is 7.05 Å². The highest BCUT2D eigenvalue weighted by molar-refractivity contribution is 7.13. The zero-order valence-electron chi connectivity index (χ0n) is 12.7. The van der Waals surface area contributed by atoms with Gasteiger partial charge in [-0.15, -0.1) is 0 Å². The first-order valence-electron chi connectivity index (χ1n) is 7.03. The Morgan fingerprint density at radius 1 is 1.21 bits per heavy atom. The number of nitrogens with zero attached hydrogens (tertiary/aromatic N) is 3. The molecular weight excluding hydrogens is 343 g/mol. The topological polar surface area (TPSA) is 56.9 Å². The summed E-state index contributed by atoms with van der Waals surface area (Å²) in [6, 6.07) is 5.26. The Hall–Kier alpha value is -2.42. The Balaban J connectivity index is 2.29. The number of hydrogen-bond donors (Lipinski definition) is 0. The molecule has 0 fully saturated rings. The highest BCUT2D eigenvalue weighted by Crippen LogP contribution is 2.28. The molecule has 126 valence electrons. The van der Waals surface area contributed by atoms with Gasteiger partial charge in [0, 0.05) is 18.5 Å². The lowest BCUT2D eigenvalue weighted by atomic mass is 10.1. The zero-order valence-corrected chi connectivity index (χ0v) is 13.5. The lowest BCUT2D eigenvalue weighted by molar-refractivity contribution is -0.144. The number of halogens is 3. The Morgan fingerprint density at radius 3 is 2.54 bits per heavy atom. The molecule has 0 unspecified atom stereocenters. The summed E-state index contributed by atoms with van der Waals surface area (Å²) >= 11 is 1.29. The average Bonchev–Trinajstić information content (AvgIpc) is 2.92. The summed E-state index contributed by atoms with van der Waals surface area (Å²) in [6.07, 6.45) is -4.11. The third-order valence-corrected chi connectivity index (χ3v) is 4.60. The van der Waals surface area contributed by atoms with Gasteiger partial charge in [-0.05, 0) is 36.2 Å². The highest BCUT2D eigenvalue weighted by atomic mass is 32.1. The summed E-state index contributed by atoms with van der Waals surface area (Å²) in [5.74, 6) is 0. The molecule has 5 nitrogen and oxygen atoms in total. The second-order valence-corrected chi connectivity index (χ2v) is 6.01. The first kappa shape index (κ1) is 16.4. The van der Waals surface area contributed by atoms with Crippen molar-refractivity contribution in [2.45, 2.75) is 19.5 Å². The maximum absolute atomic E-state index is 12.9. The molecule has 3 rings (SSSR count). The van der Waals surface area contributed by atoms with E-state index < -0.39 is 23.1 Å². The molecule has 0 aliphatic rings. The molecule has 3 aromatic rings. The van der Waals surface area contributed by atoms with Crippen molar-refractivity contribution in [3.05, 3.63) is 56.5 Å². The number of alkyl halides is 3. The minimum atomic E-state index is -4.78. The second-order valence-electron chi connectivity index (χ2n) is 5.21. The van der Waals surface area contributed by atoms with Gasteiger partial charge in [0.25, 0.3) is 5.56 Å². The number of rotatable bonds is 2. The summed E-state index contributed by atoms with van der Waals surface area (Å²) in [6.45, 7) is 1.92. The first-order chi connectivity index (χ1) is 11.2. The molecule has 1 aromatic carbocycles. The Labute approximate surface area is 137 Å². The molecule has 0 spiro atoms. The molecule has 0 bridgehead atoms. The van der Waals surface area contributed by atoms with Gasteiger partial charge in [0.1, 0.15) is 5.69 Å². The predicted molar refractivity (Wildman–Crippen MR) is 84.8 cm³/mol. The summed E-state index contributed by atoms with van der Waals surface area (Å²) in [7, 11) is 0.989. The van der Waals surface area contributed by atoms with Gasteiger partial charge in [-0.3, -0.25) is 9.36 Å². The van der Waals surface area contributed by atoms with Gasteiger partial charge in [0.15, 0.2) is 0 Å². The molecule has 9 heteroatoms. The fourth-order valence-electron chi connectivity index (χ4n) is 2.51. The van der Waals surface area contributed by atoms with Crippen LogP contribution in [0, 0.1) is 0 Å². The quantitative estimate of drug-likeness (QED) is 0.710. The van der Waals surface area contributed by atoms with E-state index in [2.05, 4.69) is 4.37 Å². The molecule has 0 radical (unpaired) electrons. The summed E-state index contributed by atoms with van der Waals surface area (Å²) in [5, 5.41) is 0.786. The molecule has 0 amide bonds. The molecule has 0 atom stereocenters. The highest BCUT2D eigenvalue weighted by Gasteiger charge is 2.35. The normalized spacial score (nSPS) is 12.0. The molecule has 0 aliphatic heterocycles. The fraction of sp³-hybridized carbons (Fsp3) is 0.267. The van der Waals surface area contributed by atoms with E-state index in [9.17, 15) is 22.8 Å². The van der Waals surface area contributed by atoms with Crippen molar-refractivity contribution in [3.63, 3.8) is 0 Å². The fourth-order valence-corrected chi connectivity index (χ4v) is 3.35. The molecular formula is C15H12F3N3O2S. The van der Waals surface area contributed by atoms with Crippen molar-refractivity contribution in [2.75, 3.05) is 0 Å². The number of aryl methyl sites for hydroxylation is 1. The van der Waals surface area contributed by atoms with Crippen LogP contribution in [-0.4, -0.2) is 13.5 Å². The summed E-state index contributed by atoms with van der Waals surface area (Å²) in [4.78, 5) is 24.4. The van der Waals surface area contributed by atoms with E-state index in [4.69, 9.17) is 0 Å². The van der Waals surface area contributed by atoms with Crippen LogP contribution in [0.2, 0.25) is 0 Å². The predicted octanol–water partition coefficient (Wildman–Crippen LogP) is 2.73. The van der Waals surface area contributed by atoms with Crippen LogP contribution in [0.25, 0.3) is 15.8 Å². The monoisotopic (exact) mass is 355 g/mol. The minimum absolute atomic E-state index is 0.219. The van der Waals surface area contributed by atoms with E-state index in [1.165, 1.54) is 17.6 Å². The van der Waals surface area contributed by atoms with Gasteiger partial charge in [0.05, 0.1) is 16.1 Å². The average molecular weight is 355 g/mol. The number of hydrogen-bond acceptors (Lipinski definition) is 4. The van der Waals surface area contributed by atoms with Crippen LogP contribution in [0.1, 0.15) is 18.3 Å². The van der Waals surface area contributed by atoms with Crippen molar-refractivity contribution < 1.29 is 13.2 Å². The van der Waals surface area contributed by atoms with Gasteiger partial charge < -0.3 is 0 Å². The Bertz CT molecular complexity index is 1050. The van der Waals surface area contributed by atoms with Gasteiger partial charge in [-0.1, -0.05) is 6.92 Å². The van der Waals surface area contributed by atoms with Crippen LogP contribution >= 0.6 is 11.5 Å². The van der Waals surface area contributed by atoms with Gasteiger partial charge in [-0.25, -0.2) is 9.36 Å². The standard InChI is InChI=1S/C15H12F3N3O2S/c1-3-10-9-6-8(4-5-11(9)24-19-10)21-13(22)7-12(15(16,17)18)20(2)14(21)23/h4-7H,3H2,1-2H3. The summed E-state index contributed by atoms with van der Waals surface area (Å²) in [5.41, 5.74) is -2.31. The van der Waals surface area contributed by atoms with Crippen LogP contribution in [0.5, 0.6) is 0 Å². The lowest BCUT2D eigenvalue weighted by Crippen LogP contribution is -2.40. The Morgan fingerprint density at radius 2 is 1.92 bits per heavy atom. The minimum Gasteiger partial charge on any atom is -0.292 e. The third kappa shape index (κ3) is 2.54. The van der Waals surface area contributed by atoms with Crippen molar-refractivity contribution in [1.82, 2.24) is 13.5 Å². The van der Waals surface area contributed by atoms with Crippen LogP contribution in [0.4, 0.5) is 13.2 Å². The van der Waals surface area contributed by atoms with Crippen LogP contribution in [-0.2, 0) is 19.6 Å². The largest absolute Gasteiger partial charge is 0.431 e. The van der Waals surface area contributed by atoms with E-state index in [-0.39, 0.29) is 5.69 Å². The molecule has 2 aromatic heterocycles. The molecule has 0 saturated carbocycles. The van der Waals surface area contributed by atoms with E-state index in [1.54, 1.807) is 12.1 Å². The van der Waals surface area contributed by atoms with Crippen molar-refractivity contribution in [3.8, 4) is 5.69 Å². The van der Waals surface area contributed by atoms with E-state index in [0.717, 1.165) is 27.4 Å². The summed E-state index contributed by atoms with van der Waals surface area (Å²) < 4.78 is 45.0. The van der Waals surface area contributed by atoms with Gasteiger partial charge >= 0.3 is 11.9 Å². The third-order valence-electron chi connectivity index (χ3n) is 3.73. The molecule has 24 heavy (non-hydrogen) atoms. The SMILES string of the molecule is CCc1nsc2ccc(-n3c(=O)cc(C(F)(F)F)n(C)c3=O)cc12. The van der Waals surface area contributed by atoms with Gasteiger partial charge in [-0.2, -0.15) is 17.5 Å².